The molecule has 0 amide bonds. The molecular formula is C13H21NO3. The molecule has 0 radical (unpaired) electrons. The molecule has 0 aliphatic rings. The van der Waals surface area contributed by atoms with Crippen molar-refractivity contribution >= 4 is 0 Å². The summed E-state index contributed by atoms with van der Waals surface area (Å²) in [5.74, 6) is 0.718. The molecule has 1 rings (SSSR count). The number of likely N-dealkylation sites (N-methyl/N-ethyl adjacent to an activating group) is 1. The Morgan fingerprint density at radius 3 is 2.65 bits per heavy atom. The number of para-hydroxylation sites is 1. The molecule has 0 fully saturated rings. The molecular weight excluding hydrogens is 218 g/mol. The van der Waals surface area contributed by atoms with Gasteiger partial charge in [-0.05, 0) is 19.5 Å². The molecule has 0 saturated heterocycles. The lowest BCUT2D eigenvalue weighted by Gasteiger charge is -2.20. The number of nitrogens with zero attached hydrogens (tertiary/aromatic N) is 1. The predicted octanol–water partition coefficient (Wildman–Crippen LogP) is 1.61. The van der Waals surface area contributed by atoms with Crippen molar-refractivity contribution in [2.45, 2.75) is 20.4 Å². The monoisotopic (exact) mass is 239 g/mol. The Morgan fingerprint density at radius 2 is 2.06 bits per heavy atom. The number of aliphatic hydroxyl groups excluding tert-OH is 1. The van der Waals surface area contributed by atoms with Gasteiger partial charge < -0.3 is 14.9 Å². The van der Waals surface area contributed by atoms with Crippen LogP contribution in [0.15, 0.2) is 18.2 Å². The zero-order valence-corrected chi connectivity index (χ0v) is 10.5. The average molecular weight is 239 g/mol. The van der Waals surface area contributed by atoms with E-state index in [4.69, 9.17) is 9.84 Å². The maximum atomic E-state index is 10.0. The second-order valence-corrected chi connectivity index (χ2v) is 3.79. The van der Waals surface area contributed by atoms with Crippen LogP contribution in [0.3, 0.4) is 0 Å². The highest BCUT2D eigenvalue weighted by atomic mass is 16.5. The van der Waals surface area contributed by atoms with E-state index in [1.165, 1.54) is 0 Å². The molecule has 2 N–H and O–H groups in total. The first kappa shape index (κ1) is 13.8. The van der Waals surface area contributed by atoms with Crippen molar-refractivity contribution in [3.05, 3.63) is 23.8 Å². The fourth-order valence-corrected chi connectivity index (χ4v) is 1.70. The molecule has 0 heterocycles. The first-order chi connectivity index (χ1) is 8.22. The first-order valence-corrected chi connectivity index (χ1v) is 5.99. The second kappa shape index (κ2) is 7.14. The Labute approximate surface area is 102 Å². The summed E-state index contributed by atoms with van der Waals surface area (Å²) in [4.78, 5) is 2.06. The predicted molar refractivity (Wildman–Crippen MR) is 67.3 cm³/mol. The van der Waals surface area contributed by atoms with Crippen LogP contribution in [-0.2, 0) is 6.54 Å². The van der Waals surface area contributed by atoms with Gasteiger partial charge in [-0.2, -0.15) is 0 Å². The first-order valence-electron chi connectivity index (χ1n) is 5.99. The zero-order chi connectivity index (χ0) is 12.7. The van der Waals surface area contributed by atoms with Crippen LogP contribution in [0.2, 0.25) is 0 Å². The van der Waals surface area contributed by atoms with Crippen LogP contribution in [0, 0.1) is 0 Å². The summed E-state index contributed by atoms with van der Waals surface area (Å²) in [5.41, 5.74) is 0.825. The fraction of sp³-hybridized carbons (Fsp3) is 0.538. The molecule has 1 aromatic carbocycles. The normalized spacial score (nSPS) is 10.8. The minimum Gasteiger partial charge on any atom is -0.504 e. The molecule has 4 nitrogen and oxygen atoms in total. The van der Waals surface area contributed by atoms with Gasteiger partial charge in [-0.1, -0.05) is 19.1 Å². The van der Waals surface area contributed by atoms with E-state index in [1.54, 1.807) is 6.07 Å². The third-order valence-corrected chi connectivity index (χ3v) is 2.64. The average Bonchev–Trinajstić information content (AvgIpc) is 2.33. The van der Waals surface area contributed by atoms with Gasteiger partial charge in [0.1, 0.15) is 0 Å². The van der Waals surface area contributed by atoms with Gasteiger partial charge in [-0.25, -0.2) is 0 Å². The van der Waals surface area contributed by atoms with Gasteiger partial charge in [0.2, 0.25) is 0 Å². The lowest BCUT2D eigenvalue weighted by molar-refractivity contribution is 0.195. The van der Waals surface area contributed by atoms with Crippen LogP contribution in [0.4, 0.5) is 0 Å². The van der Waals surface area contributed by atoms with Gasteiger partial charge in [0, 0.05) is 18.7 Å². The maximum absolute atomic E-state index is 10.0. The van der Waals surface area contributed by atoms with Gasteiger partial charge >= 0.3 is 0 Å². The third-order valence-electron chi connectivity index (χ3n) is 2.64. The Balaban J connectivity index is 2.79. The minimum absolute atomic E-state index is 0.125. The van der Waals surface area contributed by atoms with E-state index >= 15 is 0 Å². The van der Waals surface area contributed by atoms with E-state index in [9.17, 15) is 5.11 Å². The lowest BCUT2D eigenvalue weighted by atomic mass is 10.1. The van der Waals surface area contributed by atoms with Gasteiger partial charge in [0.25, 0.3) is 0 Å². The largest absolute Gasteiger partial charge is 0.504 e. The number of benzene rings is 1. The summed E-state index contributed by atoms with van der Waals surface area (Å²) >= 11 is 0. The van der Waals surface area contributed by atoms with E-state index in [0.717, 1.165) is 12.1 Å². The minimum atomic E-state index is 0.125. The smallest absolute Gasteiger partial charge is 0.162 e. The summed E-state index contributed by atoms with van der Waals surface area (Å²) in [5, 5.41) is 18.9. The van der Waals surface area contributed by atoms with Crippen LogP contribution >= 0.6 is 0 Å². The number of hydrogen-bond donors (Lipinski definition) is 2. The van der Waals surface area contributed by atoms with Crippen molar-refractivity contribution in [2.24, 2.45) is 0 Å². The van der Waals surface area contributed by atoms with Gasteiger partial charge in [-0.3, -0.25) is 4.90 Å². The van der Waals surface area contributed by atoms with Crippen LogP contribution in [0.1, 0.15) is 19.4 Å². The molecule has 0 saturated carbocycles. The molecule has 1 aromatic rings. The number of aromatic hydroxyl groups is 1. The quantitative estimate of drug-likeness (QED) is 0.759. The van der Waals surface area contributed by atoms with Crippen LogP contribution < -0.4 is 4.74 Å². The Morgan fingerprint density at radius 1 is 1.29 bits per heavy atom. The molecule has 0 aliphatic heterocycles. The number of phenolic OH excluding ortho intramolecular Hbond substituents is 1. The number of ether oxygens (including phenoxy) is 1. The standard InChI is InChI=1S/C13H21NO3/c1-3-14(8-9-15)10-11-6-5-7-12(13(11)16)17-4-2/h5-7,15-16H,3-4,8-10H2,1-2H3. The highest BCUT2D eigenvalue weighted by molar-refractivity contribution is 5.45. The molecule has 0 aromatic heterocycles. The Hall–Kier alpha value is -1.26. The molecule has 0 spiro atoms. The van der Waals surface area contributed by atoms with Crippen molar-refractivity contribution in [3.8, 4) is 11.5 Å². The number of phenols is 1. The highest BCUT2D eigenvalue weighted by Gasteiger charge is 2.10. The topological polar surface area (TPSA) is 52.9 Å². The number of aliphatic hydroxyl groups is 1. The van der Waals surface area contributed by atoms with Crippen molar-refractivity contribution in [2.75, 3.05) is 26.3 Å². The molecule has 96 valence electrons. The van der Waals surface area contributed by atoms with E-state index in [0.29, 0.717) is 25.4 Å². The maximum Gasteiger partial charge on any atom is 0.162 e. The molecule has 0 atom stereocenters. The third kappa shape index (κ3) is 3.91. The SMILES string of the molecule is CCOc1cccc(CN(CC)CCO)c1O. The van der Waals surface area contributed by atoms with Crippen molar-refractivity contribution in [3.63, 3.8) is 0 Å². The fourth-order valence-electron chi connectivity index (χ4n) is 1.70. The summed E-state index contributed by atoms with van der Waals surface area (Å²) < 4.78 is 5.33. The van der Waals surface area contributed by atoms with Crippen LogP contribution in [-0.4, -0.2) is 41.4 Å². The second-order valence-electron chi connectivity index (χ2n) is 3.79. The van der Waals surface area contributed by atoms with Gasteiger partial charge in [0.15, 0.2) is 11.5 Å². The zero-order valence-electron chi connectivity index (χ0n) is 10.5. The molecule has 0 unspecified atom stereocenters. The van der Waals surface area contributed by atoms with Crippen molar-refractivity contribution < 1.29 is 14.9 Å². The van der Waals surface area contributed by atoms with E-state index in [-0.39, 0.29) is 12.4 Å². The molecule has 17 heavy (non-hydrogen) atoms. The summed E-state index contributed by atoms with van der Waals surface area (Å²) in [7, 11) is 0. The Bertz CT molecular complexity index is 341. The number of hydrogen-bond acceptors (Lipinski definition) is 4. The molecule has 4 heteroatoms. The summed E-state index contributed by atoms with van der Waals surface area (Å²) in [6.07, 6.45) is 0. The van der Waals surface area contributed by atoms with Crippen LogP contribution in [0.25, 0.3) is 0 Å². The van der Waals surface area contributed by atoms with Gasteiger partial charge in [0.05, 0.1) is 13.2 Å². The van der Waals surface area contributed by atoms with Crippen molar-refractivity contribution in [1.82, 2.24) is 4.90 Å². The van der Waals surface area contributed by atoms with E-state index in [1.807, 2.05) is 26.0 Å². The molecule has 0 aliphatic carbocycles. The highest BCUT2D eigenvalue weighted by Crippen LogP contribution is 2.30. The van der Waals surface area contributed by atoms with Crippen molar-refractivity contribution in [1.29, 1.82) is 0 Å². The summed E-state index contributed by atoms with van der Waals surface area (Å²) in [6, 6.07) is 5.50. The van der Waals surface area contributed by atoms with Gasteiger partial charge in [-0.15, -0.1) is 0 Å². The Kier molecular flexibility index (Phi) is 5.80. The van der Waals surface area contributed by atoms with Crippen LogP contribution in [0.5, 0.6) is 11.5 Å². The molecule has 0 bridgehead atoms. The van der Waals surface area contributed by atoms with E-state index < -0.39 is 0 Å². The lowest BCUT2D eigenvalue weighted by Crippen LogP contribution is -2.26. The van der Waals surface area contributed by atoms with E-state index in [2.05, 4.69) is 4.90 Å². The summed E-state index contributed by atoms with van der Waals surface area (Å²) in [6.45, 7) is 6.62. The number of rotatable bonds is 7.